The molecule has 0 unspecified atom stereocenters. The van der Waals surface area contributed by atoms with Gasteiger partial charge in [0.15, 0.2) is 0 Å². The van der Waals surface area contributed by atoms with Gasteiger partial charge in [-0.05, 0) is 20.8 Å². The molecule has 0 rings (SSSR count). The first-order valence-electron chi connectivity index (χ1n) is 3.17. The van der Waals surface area contributed by atoms with E-state index in [1.54, 1.807) is 20.8 Å². The standard InChI is InChI=1S/C6H10F3NOS/c1-5(2,3)12(11)10-4-6(7,8)9/h4H,1-3H3/b10-4+/t12-/m0/s1. The van der Waals surface area contributed by atoms with Gasteiger partial charge in [0.25, 0.3) is 0 Å². The summed E-state index contributed by atoms with van der Waals surface area (Å²) in [7, 11) is -1.83. The fourth-order valence-electron chi connectivity index (χ4n) is 0.266. The lowest BCUT2D eigenvalue weighted by Gasteiger charge is -2.12. The van der Waals surface area contributed by atoms with Crippen LogP contribution in [0.15, 0.2) is 4.40 Å². The van der Waals surface area contributed by atoms with E-state index in [-0.39, 0.29) is 6.21 Å². The van der Waals surface area contributed by atoms with Crippen molar-refractivity contribution in [3.8, 4) is 0 Å². The van der Waals surface area contributed by atoms with E-state index in [1.807, 2.05) is 0 Å². The normalized spacial score (nSPS) is 16.8. The molecule has 0 aromatic heterocycles. The molecule has 2 nitrogen and oxygen atoms in total. The number of alkyl halides is 3. The molecule has 0 aliphatic carbocycles. The van der Waals surface area contributed by atoms with Crippen molar-refractivity contribution in [2.45, 2.75) is 31.7 Å². The van der Waals surface area contributed by atoms with Crippen LogP contribution in [0.25, 0.3) is 0 Å². The van der Waals surface area contributed by atoms with E-state index in [2.05, 4.69) is 4.40 Å². The minimum absolute atomic E-state index is 0.242. The predicted octanol–water partition coefficient (Wildman–Crippen LogP) is 2.08. The fraction of sp³-hybridized carbons (Fsp3) is 0.833. The number of halogens is 3. The van der Waals surface area contributed by atoms with Gasteiger partial charge in [-0.15, -0.1) is 0 Å². The Hall–Kier alpha value is -0.390. The van der Waals surface area contributed by atoms with Crippen LogP contribution in [0.4, 0.5) is 13.2 Å². The van der Waals surface area contributed by atoms with Gasteiger partial charge < -0.3 is 0 Å². The Morgan fingerprint density at radius 2 is 1.67 bits per heavy atom. The van der Waals surface area contributed by atoms with Crippen LogP contribution in [0.3, 0.4) is 0 Å². The second kappa shape index (κ2) is 3.55. The molecule has 0 aliphatic heterocycles. The van der Waals surface area contributed by atoms with E-state index < -0.39 is 21.9 Å². The van der Waals surface area contributed by atoms with Gasteiger partial charge in [-0.1, -0.05) is 0 Å². The second-order valence-corrected chi connectivity index (χ2v) is 5.07. The van der Waals surface area contributed by atoms with Gasteiger partial charge in [0, 0.05) is 0 Å². The molecular formula is C6H10F3NOS. The number of nitrogens with zero attached hydrogens (tertiary/aromatic N) is 1. The Morgan fingerprint density at radius 3 is 1.92 bits per heavy atom. The van der Waals surface area contributed by atoms with Crippen LogP contribution >= 0.6 is 0 Å². The average Bonchev–Trinajstić information content (AvgIpc) is 1.78. The van der Waals surface area contributed by atoms with Crippen LogP contribution in [0.5, 0.6) is 0 Å². The molecule has 0 aliphatic rings. The highest BCUT2D eigenvalue weighted by Crippen LogP contribution is 2.15. The van der Waals surface area contributed by atoms with Crippen LogP contribution in [-0.4, -0.2) is 21.3 Å². The van der Waals surface area contributed by atoms with Crippen molar-refractivity contribution in [1.82, 2.24) is 0 Å². The summed E-state index contributed by atoms with van der Waals surface area (Å²) in [4.78, 5) is 0. The van der Waals surface area contributed by atoms with E-state index in [0.717, 1.165) is 0 Å². The number of hydrogen-bond acceptors (Lipinski definition) is 1. The summed E-state index contributed by atoms with van der Waals surface area (Å²) in [5.74, 6) is 0. The summed E-state index contributed by atoms with van der Waals surface area (Å²) >= 11 is 0. The molecule has 0 saturated carbocycles. The Morgan fingerprint density at radius 1 is 1.25 bits per heavy atom. The minimum Gasteiger partial charge on any atom is -0.234 e. The highest BCUT2D eigenvalue weighted by atomic mass is 32.2. The third kappa shape index (κ3) is 5.29. The second-order valence-electron chi connectivity index (χ2n) is 3.14. The van der Waals surface area contributed by atoms with Gasteiger partial charge in [0.1, 0.15) is 17.2 Å². The lowest BCUT2D eigenvalue weighted by Crippen LogP contribution is -2.21. The largest absolute Gasteiger partial charge is 0.427 e. The molecule has 0 bridgehead atoms. The zero-order valence-corrected chi connectivity index (χ0v) is 7.79. The van der Waals surface area contributed by atoms with Gasteiger partial charge in [-0.25, -0.2) is 4.21 Å². The van der Waals surface area contributed by atoms with Crippen LogP contribution in [0, 0.1) is 0 Å². The zero-order valence-electron chi connectivity index (χ0n) is 6.97. The van der Waals surface area contributed by atoms with Crippen molar-refractivity contribution >= 4 is 17.2 Å². The first-order valence-corrected chi connectivity index (χ1v) is 4.27. The monoisotopic (exact) mass is 201 g/mol. The predicted molar refractivity (Wildman–Crippen MR) is 42.4 cm³/mol. The summed E-state index contributed by atoms with van der Waals surface area (Å²) < 4.78 is 47.6. The first-order chi connectivity index (χ1) is 5.13. The molecule has 0 radical (unpaired) electrons. The van der Waals surface area contributed by atoms with Crippen LogP contribution in [-0.2, 0) is 11.0 Å². The highest BCUT2D eigenvalue weighted by Gasteiger charge is 2.26. The summed E-state index contributed by atoms with van der Waals surface area (Å²) in [6, 6.07) is 0. The SMILES string of the molecule is CC(C)(C)[S@](=O)/N=C/C(F)(F)F. The molecule has 0 saturated heterocycles. The average molecular weight is 201 g/mol. The molecular weight excluding hydrogens is 191 g/mol. The van der Waals surface area contributed by atoms with Crippen molar-refractivity contribution in [1.29, 1.82) is 0 Å². The lowest BCUT2D eigenvalue weighted by atomic mass is 10.3. The topological polar surface area (TPSA) is 29.4 Å². The quantitative estimate of drug-likeness (QED) is 0.597. The van der Waals surface area contributed by atoms with Gasteiger partial charge in [-0.2, -0.15) is 17.6 Å². The third-order valence-corrected chi connectivity index (χ3v) is 2.16. The number of rotatable bonds is 1. The molecule has 0 aromatic carbocycles. The summed E-state index contributed by atoms with van der Waals surface area (Å²) in [5, 5.41) is 0. The summed E-state index contributed by atoms with van der Waals surface area (Å²) in [6.45, 7) is 4.66. The molecule has 6 heteroatoms. The van der Waals surface area contributed by atoms with E-state index >= 15 is 0 Å². The van der Waals surface area contributed by atoms with Crippen LogP contribution in [0.2, 0.25) is 0 Å². The molecule has 72 valence electrons. The van der Waals surface area contributed by atoms with Gasteiger partial charge in [-0.3, -0.25) is 0 Å². The van der Waals surface area contributed by atoms with Gasteiger partial charge in [0.2, 0.25) is 0 Å². The van der Waals surface area contributed by atoms with Crippen molar-refractivity contribution in [2.75, 3.05) is 0 Å². The summed E-state index contributed by atoms with van der Waals surface area (Å²) in [5.41, 5.74) is 0. The van der Waals surface area contributed by atoms with Crippen LogP contribution in [0.1, 0.15) is 20.8 Å². The minimum atomic E-state index is -4.49. The Bertz CT molecular complexity index is 204. The van der Waals surface area contributed by atoms with E-state index in [1.165, 1.54) is 0 Å². The Labute approximate surface area is 71.5 Å². The van der Waals surface area contributed by atoms with Crippen molar-refractivity contribution < 1.29 is 17.4 Å². The number of hydrogen-bond donors (Lipinski definition) is 0. The maximum absolute atomic E-state index is 11.5. The smallest absolute Gasteiger partial charge is 0.234 e. The Kier molecular flexibility index (Phi) is 3.44. The fourth-order valence-corrected chi connectivity index (χ4v) is 0.797. The van der Waals surface area contributed by atoms with E-state index in [9.17, 15) is 17.4 Å². The molecule has 0 heterocycles. The van der Waals surface area contributed by atoms with E-state index in [0.29, 0.717) is 0 Å². The molecule has 0 spiro atoms. The van der Waals surface area contributed by atoms with Crippen molar-refractivity contribution in [3.05, 3.63) is 0 Å². The molecule has 12 heavy (non-hydrogen) atoms. The molecule has 0 amide bonds. The van der Waals surface area contributed by atoms with Crippen molar-refractivity contribution in [3.63, 3.8) is 0 Å². The zero-order chi connectivity index (χ0) is 9.99. The maximum Gasteiger partial charge on any atom is 0.427 e. The maximum atomic E-state index is 11.5. The van der Waals surface area contributed by atoms with E-state index in [4.69, 9.17) is 0 Å². The van der Waals surface area contributed by atoms with Crippen molar-refractivity contribution in [2.24, 2.45) is 4.40 Å². The van der Waals surface area contributed by atoms with Gasteiger partial charge in [0.05, 0.1) is 4.75 Å². The Balaban J connectivity index is 4.30. The first kappa shape index (κ1) is 11.6. The molecule has 0 N–H and O–H groups in total. The summed E-state index contributed by atoms with van der Waals surface area (Å²) in [6.07, 6.45) is -4.73. The van der Waals surface area contributed by atoms with Gasteiger partial charge >= 0.3 is 6.18 Å². The van der Waals surface area contributed by atoms with Crippen LogP contribution < -0.4 is 0 Å². The molecule has 0 fully saturated rings. The third-order valence-electron chi connectivity index (χ3n) is 0.819. The molecule has 0 aromatic rings. The molecule has 1 atom stereocenters. The lowest BCUT2D eigenvalue weighted by molar-refractivity contribution is -0.0533. The highest BCUT2D eigenvalue weighted by molar-refractivity contribution is 7.85.